The van der Waals surface area contributed by atoms with Crippen LogP contribution in [0.5, 0.6) is 0 Å². The first-order valence-corrected chi connectivity index (χ1v) is 3.76. The average Bonchev–Trinajstić information content (AvgIpc) is 2.48. The molecule has 2 rings (SSSR count). The maximum Gasteiger partial charge on any atom is 0.267 e. The highest BCUT2D eigenvalue weighted by molar-refractivity contribution is 6.02. The Bertz CT molecular complexity index is 400. The summed E-state index contributed by atoms with van der Waals surface area (Å²) >= 11 is 0. The summed E-state index contributed by atoms with van der Waals surface area (Å²) in [5.41, 5.74) is 6.36. The molecule has 0 saturated heterocycles. The van der Waals surface area contributed by atoms with Crippen molar-refractivity contribution in [3.63, 3.8) is 0 Å². The summed E-state index contributed by atoms with van der Waals surface area (Å²) in [6.45, 7) is 0.334. The summed E-state index contributed by atoms with van der Waals surface area (Å²) in [6.07, 6.45) is 1.41. The van der Waals surface area contributed by atoms with Crippen LogP contribution in [0, 0.1) is 0 Å². The minimum Gasteiger partial charge on any atom is -0.364 e. The van der Waals surface area contributed by atoms with E-state index in [9.17, 15) is 9.59 Å². The molecule has 5 heteroatoms. The van der Waals surface area contributed by atoms with Crippen molar-refractivity contribution in [1.82, 2.24) is 10.3 Å². The normalized spacial score (nSPS) is 13.7. The fourth-order valence-corrected chi connectivity index (χ4v) is 1.36. The quantitative estimate of drug-likeness (QED) is 0.602. The summed E-state index contributed by atoms with van der Waals surface area (Å²) < 4.78 is 0. The lowest BCUT2D eigenvalue weighted by Crippen LogP contribution is -2.16. The molecule has 1 aromatic rings. The Morgan fingerprint density at radius 2 is 2.38 bits per heavy atom. The van der Waals surface area contributed by atoms with Crippen molar-refractivity contribution in [3.8, 4) is 0 Å². The van der Waals surface area contributed by atoms with Crippen molar-refractivity contribution in [2.75, 3.05) is 0 Å². The second-order valence-corrected chi connectivity index (χ2v) is 2.73. The lowest BCUT2D eigenvalue weighted by Gasteiger charge is -1.99. The average molecular weight is 177 g/mol. The first-order valence-electron chi connectivity index (χ1n) is 3.76. The third-order valence-corrected chi connectivity index (χ3v) is 1.96. The molecule has 3 N–H and O–H groups in total. The van der Waals surface area contributed by atoms with Gasteiger partial charge in [-0.1, -0.05) is 0 Å². The molecule has 1 aromatic heterocycles. The Labute approximate surface area is 74.0 Å². The number of pyridine rings is 1. The summed E-state index contributed by atoms with van der Waals surface area (Å²) in [5.74, 6) is -0.784. The van der Waals surface area contributed by atoms with Crippen LogP contribution >= 0.6 is 0 Å². The van der Waals surface area contributed by atoms with Crippen LogP contribution in [0.4, 0.5) is 0 Å². The number of nitrogens with zero attached hydrogens (tertiary/aromatic N) is 1. The molecule has 0 saturated carbocycles. The van der Waals surface area contributed by atoms with Crippen LogP contribution in [0.15, 0.2) is 12.3 Å². The van der Waals surface area contributed by atoms with Crippen LogP contribution in [-0.4, -0.2) is 16.8 Å². The number of rotatable bonds is 1. The van der Waals surface area contributed by atoms with Crippen molar-refractivity contribution >= 4 is 11.8 Å². The molecule has 1 aliphatic heterocycles. The molecule has 2 heterocycles. The van der Waals surface area contributed by atoms with Gasteiger partial charge in [-0.15, -0.1) is 0 Å². The third-order valence-electron chi connectivity index (χ3n) is 1.96. The van der Waals surface area contributed by atoms with Gasteiger partial charge in [-0.2, -0.15) is 0 Å². The number of primary amides is 1. The predicted octanol–water partition coefficient (Wildman–Crippen LogP) is -0.576. The van der Waals surface area contributed by atoms with Crippen LogP contribution in [0.2, 0.25) is 0 Å². The van der Waals surface area contributed by atoms with Gasteiger partial charge in [0.1, 0.15) is 5.69 Å². The summed E-state index contributed by atoms with van der Waals surface area (Å²) in [5, 5.41) is 2.59. The first kappa shape index (κ1) is 7.72. The van der Waals surface area contributed by atoms with Crippen molar-refractivity contribution in [2.24, 2.45) is 5.73 Å². The van der Waals surface area contributed by atoms with Gasteiger partial charge in [0.15, 0.2) is 0 Å². The first-order chi connectivity index (χ1) is 6.20. The van der Waals surface area contributed by atoms with Gasteiger partial charge in [0.25, 0.3) is 11.8 Å². The molecule has 0 aliphatic carbocycles. The van der Waals surface area contributed by atoms with Gasteiger partial charge in [-0.3, -0.25) is 14.6 Å². The van der Waals surface area contributed by atoms with Gasteiger partial charge in [0, 0.05) is 23.9 Å². The van der Waals surface area contributed by atoms with E-state index in [1.165, 1.54) is 6.20 Å². The lowest BCUT2D eigenvalue weighted by atomic mass is 10.1. The van der Waals surface area contributed by atoms with Crippen molar-refractivity contribution in [3.05, 3.63) is 29.1 Å². The maximum absolute atomic E-state index is 11.1. The van der Waals surface area contributed by atoms with E-state index in [1.807, 2.05) is 0 Å². The number of fused-ring (bicyclic) bond motifs is 1. The lowest BCUT2D eigenvalue weighted by molar-refractivity contribution is 0.0964. The Morgan fingerprint density at radius 1 is 1.62 bits per heavy atom. The van der Waals surface area contributed by atoms with Gasteiger partial charge in [0.2, 0.25) is 0 Å². The van der Waals surface area contributed by atoms with Crippen molar-refractivity contribution in [1.29, 1.82) is 0 Å². The Morgan fingerprint density at radius 3 is 3.08 bits per heavy atom. The topological polar surface area (TPSA) is 85.1 Å². The number of aromatic nitrogens is 1. The standard InChI is InChI=1S/C8H7N3O2/c9-7(12)6-5-3-11-8(13)4(5)1-2-10-6/h1-2H,3H2,(H2,9,12)(H,11,13). The Balaban J connectivity index is 2.63. The van der Waals surface area contributed by atoms with Gasteiger partial charge in [-0.05, 0) is 6.07 Å². The molecular weight excluding hydrogens is 170 g/mol. The van der Waals surface area contributed by atoms with Gasteiger partial charge in [0.05, 0.1) is 0 Å². The van der Waals surface area contributed by atoms with E-state index in [1.54, 1.807) is 6.07 Å². The zero-order valence-electron chi connectivity index (χ0n) is 6.70. The maximum atomic E-state index is 11.1. The second-order valence-electron chi connectivity index (χ2n) is 2.73. The van der Waals surface area contributed by atoms with E-state index < -0.39 is 5.91 Å². The van der Waals surface area contributed by atoms with Crippen LogP contribution in [0.1, 0.15) is 26.4 Å². The van der Waals surface area contributed by atoms with Crippen molar-refractivity contribution in [2.45, 2.75) is 6.54 Å². The van der Waals surface area contributed by atoms with E-state index in [4.69, 9.17) is 5.73 Å². The summed E-state index contributed by atoms with van der Waals surface area (Å²) in [6, 6.07) is 1.57. The molecular formula is C8H7N3O2. The summed E-state index contributed by atoms with van der Waals surface area (Å²) in [4.78, 5) is 25.9. The minimum absolute atomic E-state index is 0.177. The van der Waals surface area contributed by atoms with Gasteiger partial charge in [-0.25, -0.2) is 0 Å². The molecule has 0 bridgehead atoms. The summed E-state index contributed by atoms with van der Waals surface area (Å²) in [7, 11) is 0. The molecule has 66 valence electrons. The molecule has 13 heavy (non-hydrogen) atoms. The zero-order valence-corrected chi connectivity index (χ0v) is 6.70. The highest BCUT2D eigenvalue weighted by atomic mass is 16.2. The Hall–Kier alpha value is -1.91. The SMILES string of the molecule is NC(=O)c1nccc2c1CNC2=O. The number of amides is 2. The molecule has 0 aromatic carbocycles. The van der Waals surface area contributed by atoms with E-state index in [0.29, 0.717) is 17.7 Å². The third kappa shape index (κ3) is 1.05. The molecule has 5 nitrogen and oxygen atoms in total. The number of carbonyl (C=O) groups excluding carboxylic acids is 2. The highest BCUT2D eigenvalue weighted by Crippen LogP contribution is 2.17. The van der Waals surface area contributed by atoms with E-state index >= 15 is 0 Å². The Kier molecular flexibility index (Phi) is 1.51. The van der Waals surface area contributed by atoms with Crippen LogP contribution in [-0.2, 0) is 6.54 Å². The van der Waals surface area contributed by atoms with E-state index in [-0.39, 0.29) is 11.6 Å². The van der Waals surface area contributed by atoms with Gasteiger partial charge >= 0.3 is 0 Å². The number of nitrogens with one attached hydrogen (secondary N) is 1. The number of hydrogen-bond donors (Lipinski definition) is 2. The van der Waals surface area contributed by atoms with Gasteiger partial charge < -0.3 is 11.1 Å². The molecule has 0 spiro atoms. The molecule has 0 atom stereocenters. The number of carbonyl (C=O) groups is 2. The van der Waals surface area contributed by atoms with E-state index in [2.05, 4.69) is 10.3 Å². The number of hydrogen-bond acceptors (Lipinski definition) is 3. The molecule has 0 unspecified atom stereocenters. The van der Waals surface area contributed by atoms with Crippen LogP contribution in [0.3, 0.4) is 0 Å². The molecule has 1 aliphatic rings. The molecule has 0 fully saturated rings. The fraction of sp³-hybridized carbons (Fsp3) is 0.125. The smallest absolute Gasteiger partial charge is 0.267 e. The molecule has 0 radical (unpaired) electrons. The monoisotopic (exact) mass is 177 g/mol. The van der Waals surface area contributed by atoms with Crippen LogP contribution in [0.25, 0.3) is 0 Å². The molecule has 2 amide bonds. The van der Waals surface area contributed by atoms with Crippen LogP contribution < -0.4 is 11.1 Å². The minimum atomic E-state index is -0.603. The fourth-order valence-electron chi connectivity index (χ4n) is 1.36. The zero-order chi connectivity index (χ0) is 9.42. The highest BCUT2D eigenvalue weighted by Gasteiger charge is 2.23. The largest absolute Gasteiger partial charge is 0.364 e. The number of nitrogens with two attached hydrogens (primary N) is 1. The predicted molar refractivity (Wildman–Crippen MR) is 43.9 cm³/mol. The van der Waals surface area contributed by atoms with E-state index in [0.717, 1.165) is 0 Å². The second kappa shape index (κ2) is 2.55. The van der Waals surface area contributed by atoms with Crippen molar-refractivity contribution < 1.29 is 9.59 Å².